The van der Waals surface area contributed by atoms with Crippen molar-refractivity contribution in [2.45, 2.75) is 6.92 Å². The Morgan fingerprint density at radius 2 is 1.46 bits per heavy atom. The number of alkyl carbamates (subject to hydrolysis) is 1. The Morgan fingerprint density at radius 3 is 2.12 bits per heavy atom. The lowest BCUT2D eigenvalue weighted by Crippen LogP contribution is -2.34. The molecule has 0 heterocycles. The van der Waals surface area contributed by atoms with Gasteiger partial charge < -0.3 is 9.47 Å². The molecule has 0 aliphatic carbocycles. The molecule has 1 N–H and O–H groups in total. The Hall–Kier alpha value is -3.48. The maximum Gasteiger partial charge on any atom is 0.413 e. The number of ether oxygens (including phenoxy) is 2. The summed E-state index contributed by atoms with van der Waals surface area (Å²) in [6.45, 7) is 1.02. The van der Waals surface area contributed by atoms with Crippen molar-refractivity contribution in [3.8, 4) is 0 Å². The van der Waals surface area contributed by atoms with Gasteiger partial charge in [-0.05, 0) is 13.0 Å². The summed E-state index contributed by atoms with van der Waals surface area (Å²) >= 11 is 0. The largest absolute Gasteiger partial charge is 0.452 e. The highest BCUT2D eigenvalue weighted by Crippen LogP contribution is 2.15. The summed E-state index contributed by atoms with van der Waals surface area (Å²) in [5.41, 5.74) is 0.618. The Labute approximate surface area is 149 Å². The highest BCUT2D eigenvalue weighted by atomic mass is 16.6. The van der Waals surface area contributed by atoms with Crippen LogP contribution in [0.5, 0.6) is 0 Å². The molecule has 0 radical (unpaired) electrons. The van der Waals surface area contributed by atoms with Crippen LogP contribution in [0.2, 0.25) is 0 Å². The van der Waals surface area contributed by atoms with Gasteiger partial charge in [0.05, 0.1) is 12.2 Å². The molecule has 134 valence electrons. The number of imide groups is 1. The molecule has 2 rings (SSSR count). The Bertz CT molecular complexity index is 816. The van der Waals surface area contributed by atoms with Crippen molar-refractivity contribution in [2.75, 3.05) is 13.2 Å². The standard InChI is InChI=1S/C19H17NO6/c1-2-25-19(24)20-16(21)12-26-18(23)15-11-7-6-10-14(15)17(22)13-8-4-3-5-9-13/h3-11H,2,12H2,1H3,(H,20,21,24). The molecular formula is C19H17NO6. The monoisotopic (exact) mass is 355 g/mol. The normalized spacial score (nSPS) is 9.88. The van der Waals surface area contributed by atoms with E-state index in [4.69, 9.17) is 4.74 Å². The quantitative estimate of drug-likeness (QED) is 0.631. The lowest BCUT2D eigenvalue weighted by atomic mass is 9.98. The summed E-state index contributed by atoms with van der Waals surface area (Å²) in [6, 6.07) is 14.6. The zero-order valence-electron chi connectivity index (χ0n) is 14.1. The van der Waals surface area contributed by atoms with Crippen LogP contribution in [-0.4, -0.2) is 37.0 Å². The lowest BCUT2D eigenvalue weighted by molar-refractivity contribution is -0.123. The predicted molar refractivity (Wildman–Crippen MR) is 91.8 cm³/mol. The van der Waals surface area contributed by atoms with Gasteiger partial charge in [-0.15, -0.1) is 0 Å². The van der Waals surface area contributed by atoms with Gasteiger partial charge in [0.2, 0.25) is 0 Å². The molecule has 2 aromatic carbocycles. The highest BCUT2D eigenvalue weighted by molar-refractivity contribution is 6.14. The second-order valence-electron chi connectivity index (χ2n) is 5.09. The SMILES string of the molecule is CCOC(=O)NC(=O)COC(=O)c1ccccc1C(=O)c1ccccc1. The molecule has 7 nitrogen and oxygen atoms in total. The third-order valence-corrected chi connectivity index (χ3v) is 3.28. The number of hydrogen-bond donors (Lipinski definition) is 1. The van der Waals surface area contributed by atoms with E-state index in [-0.39, 0.29) is 23.5 Å². The number of esters is 1. The van der Waals surface area contributed by atoms with Gasteiger partial charge in [-0.25, -0.2) is 9.59 Å². The molecule has 0 spiro atoms. The lowest BCUT2D eigenvalue weighted by Gasteiger charge is -2.09. The van der Waals surface area contributed by atoms with Gasteiger partial charge in [-0.1, -0.05) is 48.5 Å². The topological polar surface area (TPSA) is 98.8 Å². The van der Waals surface area contributed by atoms with Gasteiger partial charge in [0.25, 0.3) is 5.91 Å². The first-order chi connectivity index (χ1) is 12.5. The molecular weight excluding hydrogens is 338 g/mol. The smallest absolute Gasteiger partial charge is 0.413 e. The maximum atomic E-state index is 12.6. The summed E-state index contributed by atoms with van der Waals surface area (Å²) in [7, 11) is 0. The molecule has 0 saturated carbocycles. The fraction of sp³-hybridized carbons (Fsp3) is 0.158. The van der Waals surface area contributed by atoms with Crippen molar-refractivity contribution in [2.24, 2.45) is 0 Å². The second-order valence-corrected chi connectivity index (χ2v) is 5.09. The van der Waals surface area contributed by atoms with Crippen LogP contribution in [0.15, 0.2) is 54.6 Å². The van der Waals surface area contributed by atoms with E-state index in [0.717, 1.165) is 0 Å². The van der Waals surface area contributed by atoms with Crippen LogP contribution < -0.4 is 5.32 Å². The molecule has 26 heavy (non-hydrogen) atoms. The van der Waals surface area contributed by atoms with Crippen LogP contribution in [0, 0.1) is 0 Å². The average Bonchev–Trinajstić information content (AvgIpc) is 2.66. The number of nitrogens with one attached hydrogen (secondary N) is 1. The number of benzene rings is 2. The molecule has 0 fully saturated rings. The first kappa shape index (κ1) is 18.9. The predicted octanol–water partition coefficient (Wildman–Crippen LogP) is 2.35. The molecule has 2 aromatic rings. The summed E-state index contributed by atoms with van der Waals surface area (Å²) in [5.74, 6) is -2.01. The molecule has 0 aromatic heterocycles. The van der Waals surface area contributed by atoms with Crippen molar-refractivity contribution >= 4 is 23.8 Å². The van der Waals surface area contributed by atoms with Gasteiger partial charge in [0.15, 0.2) is 12.4 Å². The third-order valence-electron chi connectivity index (χ3n) is 3.28. The molecule has 2 amide bonds. The van der Waals surface area contributed by atoms with Crippen molar-refractivity contribution < 1.29 is 28.7 Å². The van der Waals surface area contributed by atoms with E-state index in [9.17, 15) is 19.2 Å². The molecule has 0 atom stereocenters. The average molecular weight is 355 g/mol. The van der Waals surface area contributed by atoms with Crippen molar-refractivity contribution in [1.29, 1.82) is 0 Å². The molecule has 0 aliphatic rings. The number of ketones is 1. The number of rotatable bonds is 6. The molecule has 7 heteroatoms. The summed E-state index contributed by atoms with van der Waals surface area (Å²) in [5, 5.41) is 1.91. The highest BCUT2D eigenvalue weighted by Gasteiger charge is 2.20. The molecule has 0 aliphatic heterocycles. The van der Waals surface area contributed by atoms with Crippen LogP contribution >= 0.6 is 0 Å². The van der Waals surface area contributed by atoms with Gasteiger partial charge >= 0.3 is 12.1 Å². The van der Waals surface area contributed by atoms with Crippen LogP contribution in [0.4, 0.5) is 4.79 Å². The number of amides is 2. The van der Waals surface area contributed by atoms with Crippen molar-refractivity contribution in [3.05, 3.63) is 71.3 Å². The Kier molecular flexibility index (Phi) is 6.61. The molecule has 0 saturated heterocycles. The molecule has 0 bridgehead atoms. The van der Waals surface area contributed by atoms with Crippen molar-refractivity contribution in [3.63, 3.8) is 0 Å². The van der Waals surface area contributed by atoms with E-state index < -0.39 is 24.6 Å². The summed E-state index contributed by atoms with van der Waals surface area (Å²) in [4.78, 5) is 47.5. The fourth-order valence-electron chi connectivity index (χ4n) is 2.13. The minimum Gasteiger partial charge on any atom is -0.452 e. The van der Waals surface area contributed by atoms with E-state index in [1.54, 1.807) is 49.4 Å². The molecule has 0 unspecified atom stereocenters. The van der Waals surface area contributed by atoms with Gasteiger partial charge in [-0.2, -0.15) is 0 Å². The third kappa shape index (κ3) is 5.01. The summed E-state index contributed by atoms with van der Waals surface area (Å²) < 4.78 is 9.43. The minimum absolute atomic E-state index is 0.0327. The first-order valence-electron chi connectivity index (χ1n) is 7.85. The Morgan fingerprint density at radius 1 is 0.846 bits per heavy atom. The van der Waals surface area contributed by atoms with Gasteiger partial charge in [0.1, 0.15) is 0 Å². The zero-order chi connectivity index (χ0) is 18.9. The zero-order valence-corrected chi connectivity index (χ0v) is 14.1. The van der Waals surface area contributed by atoms with E-state index in [2.05, 4.69) is 4.74 Å². The minimum atomic E-state index is -0.923. The number of carbonyl (C=O) groups is 4. The van der Waals surface area contributed by atoms with Crippen molar-refractivity contribution in [1.82, 2.24) is 5.32 Å². The Balaban J connectivity index is 2.07. The van der Waals surface area contributed by atoms with Gasteiger partial charge in [0, 0.05) is 11.1 Å². The van der Waals surface area contributed by atoms with Crippen LogP contribution in [-0.2, 0) is 14.3 Å². The van der Waals surface area contributed by atoms with E-state index >= 15 is 0 Å². The van der Waals surface area contributed by atoms with Crippen LogP contribution in [0.1, 0.15) is 33.2 Å². The fourth-order valence-corrected chi connectivity index (χ4v) is 2.13. The van der Waals surface area contributed by atoms with Gasteiger partial charge in [-0.3, -0.25) is 14.9 Å². The second kappa shape index (κ2) is 9.12. The van der Waals surface area contributed by atoms with Crippen LogP contribution in [0.25, 0.3) is 0 Å². The summed E-state index contributed by atoms with van der Waals surface area (Å²) in [6.07, 6.45) is -0.923. The van der Waals surface area contributed by atoms with E-state index in [1.807, 2.05) is 5.32 Å². The number of carbonyl (C=O) groups excluding carboxylic acids is 4. The number of hydrogen-bond acceptors (Lipinski definition) is 6. The first-order valence-corrected chi connectivity index (χ1v) is 7.85. The van der Waals surface area contributed by atoms with E-state index in [0.29, 0.717) is 5.56 Å². The maximum absolute atomic E-state index is 12.6. The van der Waals surface area contributed by atoms with Crippen LogP contribution in [0.3, 0.4) is 0 Å². The van der Waals surface area contributed by atoms with E-state index in [1.165, 1.54) is 12.1 Å².